The van der Waals surface area contributed by atoms with Crippen molar-refractivity contribution in [2.24, 2.45) is 17.8 Å². The van der Waals surface area contributed by atoms with Crippen LogP contribution in [-0.4, -0.2) is 5.97 Å². The molecule has 2 aromatic carbocycles. The molecular formula is C22H19F3NO2-. The topological polar surface area (TPSA) is 52.2 Å². The van der Waals surface area contributed by atoms with Gasteiger partial charge in [0.2, 0.25) is 0 Å². The van der Waals surface area contributed by atoms with Gasteiger partial charge in [-0.2, -0.15) is 13.2 Å². The Morgan fingerprint density at radius 2 is 1.86 bits per heavy atom. The lowest BCUT2D eigenvalue weighted by molar-refractivity contribution is -0.255. The Labute approximate surface area is 160 Å². The van der Waals surface area contributed by atoms with Gasteiger partial charge >= 0.3 is 6.18 Å². The molecule has 0 unspecified atom stereocenters. The first-order chi connectivity index (χ1) is 13.3. The Bertz CT molecular complexity index is 955. The SMILES string of the molecule is O=C([O-])c1ccc2c(c1)[C@H]1[C@H]3CC[C@@H](C3)[C@H]1[C@@H](c1cccc(C(F)(F)F)c1)N2. The number of rotatable bonds is 2. The number of carboxylic acids is 1. The average molecular weight is 386 g/mol. The average Bonchev–Trinajstić information content (AvgIpc) is 3.29. The first-order valence-corrected chi connectivity index (χ1v) is 9.62. The third-order valence-electron chi connectivity index (χ3n) is 6.90. The molecule has 5 rings (SSSR count). The van der Waals surface area contributed by atoms with Crippen LogP contribution in [0.1, 0.15) is 58.3 Å². The van der Waals surface area contributed by atoms with Crippen LogP contribution in [0.2, 0.25) is 0 Å². The number of alkyl halides is 3. The standard InChI is InChI=1S/C22H20F3NO2/c23-22(24,25)15-3-1-2-13(9-15)20-19-12-5-4-11(8-12)18(19)16-10-14(21(27)28)6-7-17(16)26-20/h1-3,6-7,9-12,18-20,26H,4-5,8H2,(H,27,28)/p-1/t11-,12-,18+,19+,20+/m0/s1. The summed E-state index contributed by atoms with van der Waals surface area (Å²) in [6.45, 7) is 0. The molecule has 2 aliphatic carbocycles. The maximum Gasteiger partial charge on any atom is 0.416 e. The Morgan fingerprint density at radius 3 is 2.61 bits per heavy atom. The van der Waals surface area contributed by atoms with E-state index in [-0.39, 0.29) is 23.4 Å². The molecule has 0 radical (unpaired) electrons. The second-order valence-electron chi connectivity index (χ2n) is 8.27. The van der Waals surface area contributed by atoms with E-state index in [1.54, 1.807) is 18.2 Å². The second-order valence-corrected chi connectivity index (χ2v) is 8.27. The molecule has 0 saturated heterocycles. The smallest absolute Gasteiger partial charge is 0.416 e. The highest BCUT2D eigenvalue weighted by Gasteiger charge is 2.54. The molecule has 1 aliphatic heterocycles. The minimum absolute atomic E-state index is 0.152. The van der Waals surface area contributed by atoms with Crippen molar-refractivity contribution in [3.63, 3.8) is 0 Å². The van der Waals surface area contributed by atoms with Crippen molar-refractivity contribution < 1.29 is 23.1 Å². The number of hydrogen-bond acceptors (Lipinski definition) is 3. The molecular weight excluding hydrogens is 367 g/mol. The highest BCUT2D eigenvalue weighted by atomic mass is 19.4. The minimum atomic E-state index is -4.37. The summed E-state index contributed by atoms with van der Waals surface area (Å²) in [5, 5.41) is 14.8. The first kappa shape index (κ1) is 17.6. The van der Waals surface area contributed by atoms with Gasteiger partial charge in [-0.05, 0) is 83.9 Å². The van der Waals surface area contributed by atoms with Crippen LogP contribution in [0.25, 0.3) is 0 Å². The molecule has 28 heavy (non-hydrogen) atoms. The summed E-state index contributed by atoms with van der Waals surface area (Å²) in [7, 11) is 0. The van der Waals surface area contributed by atoms with Crippen molar-refractivity contribution in [3.8, 4) is 0 Å². The van der Waals surface area contributed by atoms with Crippen molar-refractivity contribution in [1.29, 1.82) is 0 Å². The van der Waals surface area contributed by atoms with Gasteiger partial charge in [-0.1, -0.05) is 18.2 Å². The molecule has 3 nitrogen and oxygen atoms in total. The maximum absolute atomic E-state index is 13.2. The van der Waals surface area contributed by atoms with Gasteiger partial charge in [-0.25, -0.2) is 0 Å². The quantitative estimate of drug-likeness (QED) is 0.834. The molecule has 6 heteroatoms. The molecule has 1 heterocycles. The van der Waals surface area contributed by atoms with E-state index < -0.39 is 17.7 Å². The molecule has 0 amide bonds. The number of carboxylic acid groups (broad SMARTS) is 1. The molecule has 3 aliphatic rings. The number of fused-ring (bicyclic) bond motifs is 7. The highest BCUT2D eigenvalue weighted by Crippen LogP contribution is 2.63. The van der Waals surface area contributed by atoms with Gasteiger partial charge in [0.1, 0.15) is 0 Å². The third kappa shape index (κ3) is 2.61. The summed E-state index contributed by atoms with van der Waals surface area (Å²) in [4.78, 5) is 11.3. The van der Waals surface area contributed by atoms with E-state index in [0.29, 0.717) is 17.4 Å². The van der Waals surface area contributed by atoms with Crippen LogP contribution in [0.15, 0.2) is 42.5 Å². The lowest BCUT2D eigenvalue weighted by Crippen LogP contribution is -2.36. The van der Waals surface area contributed by atoms with E-state index in [1.165, 1.54) is 18.2 Å². The molecule has 0 spiro atoms. The van der Waals surface area contributed by atoms with Crippen molar-refractivity contribution >= 4 is 11.7 Å². The zero-order valence-electron chi connectivity index (χ0n) is 15.0. The van der Waals surface area contributed by atoms with Crippen molar-refractivity contribution in [2.45, 2.75) is 37.4 Å². The lowest BCUT2D eigenvalue weighted by atomic mass is 9.68. The van der Waals surface area contributed by atoms with Gasteiger partial charge in [0, 0.05) is 5.69 Å². The fourth-order valence-electron chi connectivity index (χ4n) is 5.85. The van der Waals surface area contributed by atoms with Crippen LogP contribution in [-0.2, 0) is 6.18 Å². The molecule has 5 atom stereocenters. The Kier molecular flexibility index (Phi) is 3.77. The fraction of sp³-hybridized carbons (Fsp3) is 0.409. The number of hydrogen-bond donors (Lipinski definition) is 1. The van der Waals surface area contributed by atoms with Crippen LogP contribution >= 0.6 is 0 Å². The van der Waals surface area contributed by atoms with Crippen LogP contribution in [0.5, 0.6) is 0 Å². The van der Waals surface area contributed by atoms with E-state index in [2.05, 4.69) is 5.32 Å². The van der Waals surface area contributed by atoms with Crippen molar-refractivity contribution in [1.82, 2.24) is 0 Å². The van der Waals surface area contributed by atoms with Crippen molar-refractivity contribution in [3.05, 3.63) is 64.7 Å². The van der Waals surface area contributed by atoms with Crippen LogP contribution in [0.4, 0.5) is 18.9 Å². The fourth-order valence-corrected chi connectivity index (χ4v) is 5.85. The van der Waals surface area contributed by atoms with E-state index >= 15 is 0 Å². The van der Waals surface area contributed by atoms with Gasteiger partial charge in [0.15, 0.2) is 0 Å². The van der Waals surface area contributed by atoms with Gasteiger partial charge in [0.05, 0.1) is 17.6 Å². The summed E-state index contributed by atoms with van der Waals surface area (Å²) < 4.78 is 39.7. The number of carbonyl (C=O) groups is 1. The predicted molar refractivity (Wildman–Crippen MR) is 95.6 cm³/mol. The number of aromatic carboxylic acids is 1. The lowest BCUT2D eigenvalue weighted by Gasteiger charge is -2.44. The Morgan fingerprint density at radius 1 is 1.07 bits per heavy atom. The number of anilines is 1. The zero-order chi connectivity index (χ0) is 19.6. The van der Waals surface area contributed by atoms with Gasteiger partial charge in [0.25, 0.3) is 0 Å². The summed E-state index contributed by atoms with van der Waals surface area (Å²) in [6.07, 6.45) is -1.14. The highest BCUT2D eigenvalue weighted by molar-refractivity contribution is 5.87. The summed E-state index contributed by atoms with van der Waals surface area (Å²) >= 11 is 0. The summed E-state index contributed by atoms with van der Waals surface area (Å²) in [6, 6.07) is 10.3. The molecule has 2 saturated carbocycles. The molecule has 2 bridgehead atoms. The predicted octanol–water partition coefficient (Wildman–Crippen LogP) is 4.37. The van der Waals surface area contributed by atoms with Crippen LogP contribution in [0.3, 0.4) is 0 Å². The summed E-state index contributed by atoms with van der Waals surface area (Å²) in [5.41, 5.74) is 1.96. The maximum atomic E-state index is 13.2. The van der Waals surface area contributed by atoms with E-state index in [1.807, 2.05) is 0 Å². The third-order valence-corrected chi connectivity index (χ3v) is 6.90. The van der Waals surface area contributed by atoms with E-state index in [0.717, 1.165) is 36.6 Å². The van der Waals surface area contributed by atoms with Crippen molar-refractivity contribution in [2.75, 3.05) is 5.32 Å². The molecule has 2 aromatic rings. The number of halogens is 3. The first-order valence-electron chi connectivity index (χ1n) is 9.62. The zero-order valence-corrected chi connectivity index (χ0v) is 15.0. The largest absolute Gasteiger partial charge is 0.545 e. The number of nitrogens with one attached hydrogen (secondary N) is 1. The molecule has 146 valence electrons. The molecule has 0 aromatic heterocycles. The van der Waals surface area contributed by atoms with Crippen LogP contribution < -0.4 is 10.4 Å². The Balaban J connectivity index is 1.61. The van der Waals surface area contributed by atoms with Gasteiger partial charge in [-0.15, -0.1) is 0 Å². The monoisotopic (exact) mass is 386 g/mol. The second kappa shape index (κ2) is 6.00. The van der Waals surface area contributed by atoms with Crippen LogP contribution in [0, 0.1) is 17.8 Å². The number of carbonyl (C=O) groups excluding carboxylic acids is 1. The van der Waals surface area contributed by atoms with E-state index in [9.17, 15) is 23.1 Å². The summed E-state index contributed by atoms with van der Waals surface area (Å²) in [5.74, 6) is 0.0473. The molecule has 2 fully saturated rings. The van der Waals surface area contributed by atoms with Gasteiger partial charge < -0.3 is 15.2 Å². The normalized spacial score (nSPS) is 30.5. The Hall–Kier alpha value is -2.50. The molecule has 1 N–H and O–H groups in total. The number of benzene rings is 2. The van der Waals surface area contributed by atoms with E-state index in [4.69, 9.17) is 0 Å². The minimum Gasteiger partial charge on any atom is -0.545 e. The van der Waals surface area contributed by atoms with Gasteiger partial charge in [-0.3, -0.25) is 0 Å².